The Kier molecular flexibility index (Phi) is 7.52. The summed E-state index contributed by atoms with van der Waals surface area (Å²) >= 11 is 0. The van der Waals surface area contributed by atoms with Gasteiger partial charge in [0.25, 0.3) is 0 Å². The molecule has 0 saturated carbocycles. The topological polar surface area (TPSA) is 114 Å². The van der Waals surface area contributed by atoms with Crippen LogP contribution in [0.15, 0.2) is 41.3 Å². The summed E-state index contributed by atoms with van der Waals surface area (Å²) < 4.78 is 36.4. The summed E-state index contributed by atoms with van der Waals surface area (Å²) in [4.78, 5) is 16.7. The summed E-state index contributed by atoms with van der Waals surface area (Å²) in [5.74, 6) is 0.920. The molecule has 0 aliphatic rings. The number of carbonyl (C=O) groups is 1. The number of hydrogen-bond donors (Lipinski definition) is 1. The Morgan fingerprint density at radius 3 is 2.66 bits per heavy atom. The fraction of sp³-hybridized carbons (Fsp3) is 0.391. The van der Waals surface area contributed by atoms with Crippen molar-refractivity contribution in [2.75, 3.05) is 6.61 Å². The molecule has 9 heteroatoms. The highest BCUT2D eigenvalue weighted by Gasteiger charge is 2.16. The van der Waals surface area contributed by atoms with Crippen LogP contribution in [-0.2, 0) is 32.7 Å². The Labute approximate surface area is 188 Å². The maximum atomic E-state index is 12.2. The number of aromatic nitrogens is 2. The lowest BCUT2D eigenvalue weighted by atomic mass is 10.1. The van der Waals surface area contributed by atoms with Crippen LogP contribution in [0.25, 0.3) is 11.0 Å². The monoisotopic (exact) mass is 459 g/mol. The highest BCUT2D eigenvalue weighted by Crippen LogP contribution is 2.22. The molecule has 2 N–H and O–H groups in total. The molecule has 2 aromatic carbocycles. The molecule has 32 heavy (non-hydrogen) atoms. The van der Waals surface area contributed by atoms with Gasteiger partial charge in [0.05, 0.1) is 29.0 Å². The number of carbonyl (C=O) groups excluding carboxylic acids is 1. The average Bonchev–Trinajstić information content (AvgIpc) is 3.09. The fourth-order valence-electron chi connectivity index (χ4n) is 3.34. The van der Waals surface area contributed by atoms with Crippen molar-refractivity contribution in [3.8, 4) is 5.75 Å². The van der Waals surface area contributed by atoms with E-state index < -0.39 is 16.0 Å². The second-order valence-electron chi connectivity index (χ2n) is 7.76. The maximum Gasteiger partial charge on any atom is 0.309 e. The first kappa shape index (κ1) is 23.7. The number of imidazole rings is 1. The van der Waals surface area contributed by atoms with E-state index in [1.54, 1.807) is 6.07 Å². The van der Waals surface area contributed by atoms with Crippen molar-refractivity contribution in [2.45, 2.75) is 58.1 Å². The van der Waals surface area contributed by atoms with Gasteiger partial charge in [0.15, 0.2) is 0 Å². The Balaban J connectivity index is 1.67. The number of benzene rings is 2. The van der Waals surface area contributed by atoms with Gasteiger partial charge in [-0.3, -0.25) is 4.79 Å². The molecule has 0 spiro atoms. The van der Waals surface area contributed by atoms with Gasteiger partial charge in [-0.15, -0.1) is 0 Å². The van der Waals surface area contributed by atoms with Crippen LogP contribution in [0.4, 0.5) is 0 Å². The van der Waals surface area contributed by atoms with Crippen LogP contribution in [0.5, 0.6) is 5.75 Å². The number of hydrogen-bond acceptors (Lipinski definition) is 6. The summed E-state index contributed by atoms with van der Waals surface area (Å²) in [6, 6.07) is 10.5. The molecule has 0 fully saturated rings. The van der Waals surface area contributed by atoms with Gasteiger partial charge in [-0.05, 0) is 55.7 Å². The number of esters is 1. The molecular formula is C23H29N3O5S. The number of ether oxygens (including phenoxy) is 2. The van der Waals surface area contributed by atoms with E-state index in [-0.39, 0.29) is 24.5 Å². The van der Waals surface area contributed by atoms with E-state index in [1.807, 2.05) is 36.6 Å². The van der Waals surface area contributed by atoms with E-state index in [9.17, 15) is 13.2 Å². The van der Waals surface area contributed by atoms with E-state index >= 15 is 0 Å². The third-order valence-electron chi connectivity index (χ3n) is 5.13. The van der Waals surface area contributed by atoms with Crippen molar-refractivity contribution in [1.82, 2.24) is 9.55 Å². The Morgan fingerprint density at radius 2 is 1.94 bits per heavy atom. The van der Waals surface area contributed by atoms with Crippen LogP contribution in [0.1, 0.15) is 43.1 Å². The molecule has 0 bridgehead atoms. The third-order valence-corrected chi connectivity index (χ3v) is 6.04. The molecule has 0 radical (unpaired) electrons. The van der Waals surface area contributed by atoms with E-state index in [0.717, 1.165) is 35.2 Å². The van der Waals surface area contributed by atoms with Gasteiger partial charge in [0.1, 0.15) is 18.2 Å². The quantitative estimate of drug-likeness (QED) is 0.463. The second kappa shape index (κ2) is 10.1. The number of primary sulfonamides is 1. The molecule has 0 saturated heterocycles. The molecule has 0 amide bonds. The molecule has 1 heterocycles. The summed E-state index contributed by atoms with van der Waals surface area (Å²) in [5.41, 5.74) is 3.37. The van der Waals surface area contributed by atoms with Crippen LogP contribution in [0.3, 0.4) is 0 Å². The van der Waals surface area contributed by atoms with Gasteiger partial charge < -0.3 is 14.0 Å². The molecule has 8 nitrogen and oxygen atoms in total. The molecular weight excluding hydrogens is 430 g/mol. The standard InChI is InChI=1S/C23H29N3O5S/c1-4-5-11-26-20-9-8-18(32(24,28)29)14-19(20)25-22(26)15-31-23(27)10-12-30-21-13-16(2)6-7-17(21)3/h6-9,13-14H,4-5,10-12,15H2,1-3H3,(H2,24,28,29). The molecule has 172 valence electrons. The number of unbranched alkanes of at least 4 members (excludes halogenated alkanes) is 1. The van der Waals surface area contributed by atoms with Crippen LogP contribution < -0.4 is 9.88 Å². The normalized spacial score (nSPS) is 11.6. The van der Waals surface area contributed by atoms with Crippen molar-refractivity contribution in [1.29, 1.82) is 0 Å². The smallest absolute Gasteiger partial charge is 0.309 e. The van der Waals surface area contributed by atoms with Crippen molar-refractivity contribution in [3.63, 3.8) is 0 Å². The molecule has 0 unspecified atom stereocenters. The second-order valence-corrected chi connectivity index (χ2v) is 9.32. The molecule has 0 aliphatic heterocycles. The summed E-state index contributed by atoms with van der Waals surface area (Å²) in [6.07, 6.45) is 2.00. The SMILES string of the molecule is CCCCn1c(COC(=O)CCOc2cc(C)ccc2C)nc2cc(S(N)(=O)=O)ccc21. The van der Waals surface area contributed by atoms with Gasteiger partial charge >= 0.3 is 5.97 Å². The first-order valence-electron chi connectivity index (χ1n) is 10.6. The summed E-state index contributed by atoms with van der Waals surface area (Å²) in [5, 5.41) is 5.23. The molecule has 3 rings (SSSR count). The largest absolute Gasteiger partial charge is 0.493 e. The molecule has 0 atom stereocenters. The minimum Gasteiger partial charge on any atom is -0.493 e. The number of sulfonamides is 1. The number of nitrogens with zero attached hydrogens (tertiary/aromatic N) is 2. The zero-order chi connectivity index (χ0) is 23.3. The first-order valence-corrected chi connectivity index (χ1v) is 12.1. The Hall–Kier alpha value is -2.91. The third kappa shape index (κ3) is 5.86. The average molecular weight is 460 g/mol. The van der Waals surface area contributed by atoms with Crippen LogP contribution >= 0.6 is 0 Å². The van der Waals surface area contributed by atoms with Gasteiger partial charge in [-0.1, -0.05) is 25.5 Å². The summed E-state index contributed by atoms with van der Waals surface area (Å²) in [6.45, 7) is 6.91. The predicted octanol–water partition coefficient (Wildman–Crippen LogP) is 3.61. The van der Waals surface area contributed by atoms with E-state index in [0.29, 0.717) is 17.9 Å². The highest BCUT2D eigenvalue weighted by molar-refractivity contribution is 7.89. The number of rotatable bonds is 10. The van der Waals surface area contributed by atoms with Crippen molar-refractivity contribution in [2.24, 2.45) is 5.14 Å². The zero-order valence-electron chi connectivity index (χ0n) is 18.6. The first-order chi connectivity index (χ1) is 15.2. The van der Waals surface area contributed by atoms with E-state index in [4.69, 9.17) is 14.6 Å². The molecule has 1 aromatic heterocycles. The predicted molar refractivity (Wildman–Crippen MR) is 122 cm³/mol. The lowest BCUT2D eigenvalue weighted by Gasteiger charge is -2.11. The minimum atomic E-state index is -3.83. The molecule has 0 aliphatic carbocycles. The Bertz CT molecular complexity index is 1220. The van der Waals surface area contributed by atoms with Gasteiger partial charge in [0.2, 0.25) is 10.0 Å². The summed E-state index contributed by atoms with van der Waals surface area (Å²) in [7, 11) is -3.83. The number of fused-ring (bicyclic) bond motifs is 1. The van der Waals surface area contributed by atoms with Gasteiger partial charge in [-0.25, -0.2) is 18.5 Å². The Morgan fingerprint density at radius 1 is 1.16 bits per heavy atom. The van der Waals surface area contributed by atoms with Crippen LogP contribution in [0.2, 0.25) is 0 Å². The minimum absolute atomic E-state index is 0.00252. The van der Waals surface area contributed by atoms with Crippen LogP contribution in [-0.4, -0.2) is 30.5 Å². The van der Waals surface area contributed by atoms with Gasteiger partial charge in [-0.2, -0.15) is 0 Å². The lowest BCUT2D eigenvalue weighted by molar-refractivity contribution is -0.145. The fourth-order valence-corrected chi connectivity index (χ4v) is 3.87. The van der Waals surface area contributed by atoms with Gasteiger partial charge in [0, 0.05) is 6.54 Å². The highest BCUT2D eigenvalue weighted by atomic mass is 32.2. The van der Waals surface area contributed by atoms with Crippen molar-refractivity contribution in [3.05, 3.63) is 53.3 Å². The number of nitrogens with two attached hydrogens (primary N) is 1. The zero-order valence-corrected chi connectivity index (χ0v) is 19.4. The van der Waals surface area contributed by atoms with E-state index in [2.05, 4.69) is 11.9 Å². The van der Waals surface area contributed by atoms with Crippen LogP contribution in [0, 0.1) is 13.8 Å². The van der Waals surface area contributed by atoms with Crippen molar-refractivity contribution < 1.29 is 22.7 Å². The molecule has 3 aromatic rings. The van der Waals surface area contributed by atoms with Crippen molar-refractivity contribution >= 4 is 27.0 Å². The lowest BCUT2D eigenvalue weighted by Crippen LogP contribution is -2.13. The maximum absolute atomic E-state index is 12.2. The number of aryl methyl sites for hydroxylation is 3. The van der Waals surface area contributed by atoms with E-state index in [1.165, 1.54) is 12.1 Å².